The first kappa shape index (κ1) is 14.5. The fourth-order valence-electron chi connectivity index (χ4n) is 1.60. The van der Waals surface area contributed by atoms with Crippen molar-refractivity contribution in [3.63, 3.8) is 0 Å². The average molecular weight is 250 g/mol. The van der Waals surface area contributed by atoms with E-state index in [2.05, 4.69) is 5.32 Å². The molecular weight excluding hydrogens is 228 g/mol. The summed E-state index contributed by atoms with van der Waals surface area (Å²) in [6.45, 7) is 4.96. The van der Waals surface area contributed by atoms with Crippen LogP contribution in [0.25, 0.3) is 0 Å². The van der Waals surface area contributed by atoms with E-state index in [0.717, 1.165) is 17.7 Å². The molecule has 1 aromatic rings. The highest BCUT2D eigenvalue weighted by Crippen LogP contribution is 2.15. The van der Waals surface area contributed by atoms with E-state index < -0.39 is 0 Å². The summed E-state index contributed by atoms with van der Waals surface area (Å²) in [7, 11) is 0. The largest absolute Gasteiger partial charge is 0.489 e. The second-order valence-corrected chi connectivity index (χ2v) is 4.31. The van der Waals surface area contributed by atoms with Crippen LogP contribution in [0.3, 0.4) is 0 Å². The Morgan fingerprint density at radius 1 is 1.50 bits per heavy atom. The molecule has 0 aliphatic carbocycles. The van der Waals surface area contributed by atoms with Crippen LogP contribution in [0.1, 0.15) is 25.3 Å². The lowest BCUT2D eigenvalue weighted by Crippen LogP contribution is -2.35. The number of nitrogens with one attached hydrogen (secondary N) is 1. The predicted octanol–water partition coefficient (Wildman–Crippen LogP) is 1.62. The molecule has 18 heavy (non-hydrogen) atoms. The van der Waals surface area contributed by atoms with E-state index >= 15 is 0 Å². The van der Waals surface area contributed by atoms with Gasteiger partial charge in [0.25, 0.3) is 0 Å². The van der Waals surface area contributed by atoms with Crippen LogP contribution in [0.5, 0.6) is 5.75 Å². The number of ether oxygens (including phenoxy) is 1. The normalized spacial score (nSPS) is 11.9. The van der Waals surface area contributed by atoms with Crippen LogP contribution in [-0.2, 0) is 4.79 Å². The van der Waals surface area contributed by atoms with Crippen LogP contribution in [-0.4, -0.2) is 25.1 Å². The summed E-state index contributed by atoms with van der Waals surface area (Å²) in [5.41, 5.74) is 6.48. The Morgan fingerprint density at radius 2 is 2.28 bits per heavy atom. The Bertz CT molecular complexity index is 380. The Morgan fingerprint density at radius 3 is 2.89 bits per heavy atom. The van der Waals surface area contributed by atoms with Crippen LogP contribution in [0.15, 0.2) is 24.3 Å². The van der Waals surface area contributed by atoms with E-state index in [0.29, 0.717) is 19.5 Å². The molecule has 0 saturated carbocycles. The molecule has 0 bridgehead atoms. The highest BCUT2D eigenvalue weighted by atomic mass is 16.5. The van der Waals surface area contributed by atoms with Crippen molar-refractivity contribution >= 4 is 5.91 Å². The summed E-state index contributed by atoms with van der Waals surface area (Å²) >= 11 is 0. The highest BCUT2D eigenvalue weighted by molar-refractivity contribution is 5.76. The summed E-state index contributed by atoms with van der Waals surface area (Å²) in [5.74, 6) is 0.818. The van der Waals surface area contributed by atoms with E-state index in [1.807, 2.05) is 38.1 Å². The van der Waals surface area contributed by atoms with E-state index in [4.69, 9.17) is 10.5 Å². The molecule has 1 rings (SSSR count). The Kier molecular flexibility index (Phi) is 6.22. The Hall–Kier alpha value is -1.55. The second-order valence-electron chi connectivity index (χ2n) is 4.31. The molecule has 0 aromatic heterocycles. The number of aryl methyl sites for hydroxylation is 1. The molecular formula is C14H22N2O2. The van der Waals surface area contributed by atoms with Crippen molar-refractivity contribution in [3.05, 3.63) is 29.8 Å². The summed E-state index contributed by atoms with van der Waals surface area (Å²) in [6, 6.07) is 7.91. The average Bonchev–Trinajstić information content (AvgIpc) is 2.35. The third kappa shape index (κ3) is 5.19. The summed E-state index contributed by atoms with van der Waals surface area (Å²) in [4.78, 5) is 11.3. The van der Waals surface area contributed by atoms with Gasteiger partial charge in [0.2, 0.25) is 5.91 Å². The maximum atomic E-state index is 11.3. The van der Waals surface area contributed by atoms with Crippen LogP contribution in [0, 0.1) is 6.92 Å². The summed E-state index contributed by atoms with van der Waals surface area (Å²) < 4.78 is 5.83. The summed E-state index contributed by atoms with van der Waals surface area (Å²) in [6.07, 6.45) is 1.20. The number of hydrogen-bond acceptors (Lipinski definition) is 3. The van der Waals surface area contributed by atoms with Crippen LogP contribution in [0.2, 0.25) is 0 Å². The van der Waals surface area contributed by atoms with E-state index in [1.165, 1.54) is 0 Å². The number of amides is 1. The molecule has 100 valence electrons. The van der Waals surface area contributed by atoms with Gasteiger partial charge in [-0.25, -0.2) is 0 Å². The number of carbonyl (C=O) groups excluding carboxylic acids is 1. The van der Waals surface area contributed by atoms with Crippen LogP contribution >= 0.6 is 0 Å². The van der Waals surface area contributed by atoms with Gasteiger partial charge in [-0.3, -0.25) is 4.79 Å². The van der Waals surface area contributed by atoms with Gasteiger partial charge in [0.1, 0.15) is 11.9 Å². The molecule has 1 unspecified atom stereocenters. The van der Waals surface area contributed by atoms with Crippen LogP contribution in [0.4, 0.5) is 0 Å². The zero-order chi connectivity index (χ0) is 13.4. The molecule has 1 aromatic carbocycles. The monoisotopic (exact) mass is 250 g/mol. The fourth-order valence-corrected chi connectivity index (χ4v) is 1.60. The van der Waals surface area contributed by atoms with Gasteiger partial charge in [-0.1, -0.05) is 19.1 Å². The predicted molar refractivity (Wildman–Crippen MR) is 72.6 cm³/mol. The van der Waals surface area contributed by atoms with Crippen molar-refractivity contribution in [3.8, 4) is 5.75 Å². The number of benzene rings is 1. The topological polar surface area (TPSA) is 64.4 Å². The number of nitrogens with two attached hydrogens (primary N) is 1. The molecule has 4 heteroatoms. The minimum atomic E-state index is -0.0243. The number of rotatable bonds is 7. The minimum Gasteiger partial charge on any atom is -0.489 e. The first-order valence-corrected chi connectivity index (χ1v) is 6.35. The van der Waals surface area contributed by atoms with Crippen molar-refractivity contribution < 1.29 is 9.53 Å². The van der Waals surface area contributed by atoms with Gasteiger partial charge in [0.05, 0.1) is 6.54 Å². The van der Waals surface area contributed by atoms with Crippen LogP contribution < -0.4 is 15.8 Å². The SMILES string of the molecule is CCC(CNC(=O)CCN)Oc1cccc(C)c1. The van der Waals surface area contributed by atoms with Crippen molar-refractivity contribution in [2.75, 3.05) is 13.1 Å². The zero-order valence-electron chi connectivity index (χ0n) is 11.1. The van der Waals surface area contributed by atoms with Crippen molar-refractivity contribution in [2.24, 2.45) is 5.73 Å². The zero-order valence-corrected chi connectivity index (χ0v) is 11.1. The first-order chi connectivity index (χ1) is 8.65. The van der Waals surface area contributed by atoms with Crippen molar-refractivity contribution in [1.29, 1.82) is 0 Å². The van der Waals surface area contributed by atoms with E-state index in [-0.39, 0.29) is 12.0 Å². The van der Waals surface area contributed by atoms with Gasteiger partial charge in [0.15, 0.2) is 0 Å². The Balaban J connectivity index is 2.44. The molecule has 4 nitrogen and oxygen atoms in total. The molecule has 1 atom stereocenters. The number of carbonyl (C=O) groups is 1. The molecule has 0 radical (unpaired) electrons. The molecule has 0 aliphatic heterocycles. The molecule has 0 fully saturated rings. The molecule has 0 saturated heterocycles. The fraction of sp³-hybridized carbons (Fsp3) is 0.500. The second kappa shape index (κ2) is 7.71. The van der Waals surface area contributed by atoms with Gasteiger partial charge in [-0.05, 0) is 31.0 Å². The van der Waals surface area contributed by atoms with Gasteiger partial charge in [0, 0.05) is 13.0 Å². The lowest BCUT2D eigenvalue weighted by molar-refractivity contribution is -0.121. The molecule has 0 aliphatic rings. The molecule has 3 N–H and O–H groups in total. The third-order valence-electron chi connectivity index (χ3n) is 2.65. The van der Waals surface area contributed by atoms with Gasteiger partial charge in [-0.15, -0.1) is 0 Å². The van der Waals surface area contributed by atoms with Crippen molar-refractivity contribution in [2.45, 2.75) is 32.8 Å². The van der Waals surface area contributed by atoms with Gasteiger partial charge in [-0.2, -0.15) is 0 Å². The number of hydrogen-bond donors (Lipinski definition) is 2. The quantitative estimate of drug-likeness (QED) is 0.773. The first-order valence-electron chi connectivity index (χ1n) is 6.35. The molecule has 1 amide bonds. The van der Waals surface area contributed by atoms with E-state index in [1.54, 1.807) is 0 Å². The molecule has 0 spiro atoms. The Labute approximate surface area is 109 Å². The standard InChI is InChI=1S/C14H22N2O2/c1-3-12(10-16-14(17)7-8-15)18-13-6-4-5-11(2)9-13/h4-6,9,12H,3,7-8,10,15H2,1-2H3,(H,16,17). The smallest absolute Gasteiger partial charge is 0.221 e. The lowest BCUT2D eigenvalue weighted by Gasteiger charge is -2.18. The molecule has 0 heterocycles. The third-order valence-corrected chi connectivity index (χ3v) is 2.65. The lowest BCUT2D eigenvalue weighted by atomic mass is 10.2. The maximum Gasteiger partial charge on any atom is 0.221 e. The van der Waals surface area contributed by atoms with Gasteiger partial charge < -0.3 is 15.8 Å². The maximum absolute atomic E-state index is 11.3. The highest BCUT2D eigenvalue weighted by Gasteiger charge is 2.09. The summed E-state index contributed by atoms with van der Waals surface area (Å²) in [5, 5.41) is 2.83. The van der Waals surface area contributed by atoms with Crippen molar-refractivity contribution in [1.82, 2.24) is 5.32 Å². The van der Waals surface area contributed by atoms with Gasteiger partial charge >= 0.3 is 0 Å². The minimum absolute atomic E-state index is 0.00600. The van der Waals surface area contributed by atoms with E-state index in [9.17, 15) is 4.79 Å².